The van der Waals surface area contributed by atoms with E-state index in [0.29, 0.717) is 5.88 Å². The molecule has 20 heavy (non-hydrogen) atoms. The molecule has 0 bridgehead atoms. The van der Waals surface area contributed by atoms with Gasteiger partial charge in [-0.25, -0.2) is 9.97 Å². The lowest BCUT2D eigenvalue weighted by molar-refractivity contribution is 0.464. The fourth-order valence-electron chi connectivity index (χ4n) is 2.49. The van der Waals surface area contributed by atoms with Gasteiger partial charge in [-0.15, -0.1) is 11.6 Å². The summed E-state index contributed by atoms with van der Waals surface area (Å²) in [6.45, 7) is 3.02. The average Bonchev–Trinajstić information content (AvgIpc) is 3.04. The summed E-state index contributed by atoms with van der Waals surface area (Å²) in [5.41, 5.74) is 2.14. The number of nitrogens with zero attached hydrogens (tertiary/aromatic N) is 4. The molecule has 0 N–H and O–H groups in total. The molecule has 0 aliphatic heterocycles. The molecule has 4 nitrogen and oxygen atoms in total. The second-order valence-electron chi connectivity index (χ2n) is 4.77. The van der Waals surface area contributed by atoms with Crippen molar-refractivity contribution in [2.75, 3.05) is 0 Å². The average molecular weight is 401 g/mol. The third-order valence-electron chi connectivity index (χ3n) is 3.32. The van der Waals surface area contributed by atoms with E-state index in [0.717, 1.165) is 23.4 Å². The number of rotatable bonds is 4. The van der Waals surface area contributed by atoms with E-state index < -0.39 is 0 Å². The van der Waals surface area contributed by atoms with Crippen LogP contribution in [0.3, 0.4) is 0 Å². The molecule has 0 amide bonds. The number of hydrogen-bond acceptors (Lipinski definition) is 2. The highest BCUT2D eigenvalue weighted by Gasteiger charge is 2.15. The summed E-state index contributed by atoms with van der Waals surface area (Å²) in [4.78, 5) is 8.73. The van der Waals surface area contributed by atoms with Crippen LogP contribution in [0.4, 0.5) is 0 Å². The van der Waals surface area contributed by atoms with Crippen molar-refractivity contribution >= 4 is 45.2 Å². The van der Waals surface area contributed by atoms with Gasteiger partial charge in [-0.3, -0.25) is 0 Å². The van der Waals surface area contributed by atoms with Crippen molar-refractivity contribution in [3.8, 4) is 0 Å². The molecule has 104 valence electrons. The van der Waals surface area contributed by atoms with Crippen molar-refractivity contribution in [3.63, 3.8) is 0 Å². The molecule has 0 saturated carbocycles. The van der Waals surface area contributed by atoms with Crippen molar-refractivity contribution in [2.24, 2.45) is 0 Å². The van der Waals surface area contributed by atoms with Gasteiger partial charge >= 0.3 is 0 Å². The number of alkyl halides is 1. The summed E-state index contributed by atoms with van der Waals surface area (Å²) in [7, 11) is 0. The smallest absolute Gasteiger partial charge is 0.125 e. The fourth-order valence-corrected chi connectivity index (χ4v) is 3.15. The first kappa shape index (κ1) is 13.9. The van der Waals surface area contributed by atoms with E-state index in [-0.39, 0.29) is 6.04 Å². The minimum Gasteiger partial charge on any atom is -0.335 e. The lowest BCUT2D eigenvalue weighted by Crippen LogP contribution is -2.14. The summed E-state index contributed by atoms with van der Waals surface area (Å²) < 4.78 is 5.47. The summed E-state index contributed by atoms with van der Waals surface area (Å²) in [6.07, 6.45) is 5.60. The summed E-state index contributed by atoms with van der Waals surface area (Å²) >= 11 is 8.37. The molecule has 1 unspecified atom stereocenters. The Morgan fingerprint density at radius 2 is 2.25 bits per heavy atom. The third kappa shape index (κ3) is 2.56. The van der Waals surface area contributed by atoms with Gasteiger partial charge in [-0.05, 0) is 47.7 Å². The first-order chi connectivity index (χ1) is 9.69. The van der Waals surface area contributed by atoms with Gasteiger partial charge in [0.05, 0.1) is 29.3 Å². The molecule has 3 rings (SSSR count). The van der Waals surface area contributed by atoms with E-state index in [1.807, 2.05) is 12.5 Å². The number of fused-ring (bicyclic) bond motifs is 1. The lowest BCUT2D eigenvalue weighted by atomic mass is 10.2. The molecule has 1 atom stereocenters. The van der Waals surface area contributed by atoms with Gasteiger partial charge in [0.1, 0.15) is 5.82 Å². The van der Waals surface area contributed by atoms with E-state index >= 15 is 0 Å². The van der Waals surface area contributed by atoms with Crippen LogP contribution in [0, 0.1) is 3.57 Å². The Hall–Kier alpha value is -1.08. The second kappa shape index (κ2) is 5.73. The molecular weight excluding hydrogens is 387 g/mol. The van der Waals surface area contributed by atoms with Crippen LogP contribution in [0.2, 0.25) is 0 Å². The summed E-state index contributed by atoms with van der Waals surface area (Å²) in [5.74, 6) is 1.33. The Morgan fingerprint density at radius 3 is 2.95 bits per heavy atom. The predicted molar refractivity (Wildman–Crippen MR) is 88.9 cm³/mol. The first-order valence-electron chi connectivity index (χ1n) is 6.37. The van der Waals surface area contributed by atoms with E-state index in [4.69, 9.17) is 11.6 Å². The van der Waals surface area contributed by atoms with Gasteiger partial charge in [0.2, 0.25) is 0 Å². The molecule has 0 aliphatic rings. The van der Waals surface area contributed by atoms with Crippen molar-refractivity contribution in [2.45, 2.75) is 25.4 Å². The van der Waals surface area contributed by atoms with E-state index in [1.54, 1.807) is 6.20 Å². The number of benzene rings is 1. The summed E-state index contributed by atoms with van der Waals surface area (Å²) in [5, 5.41) is 0. The monoisotopic (exact) mass is 400 g/mol. The van der Waals surface area contributed by atoms with Gasteiger partial charge in [0, 0.05) is 22.5 Å². The third-order valence-corrected chi connectivity index (χ3v) is 4.23. The minimum atomic E-state index is 0.267. The normalized spacial score (nSPS) is 12.9. The highest BCUT2D eigenvalue weighted by atomic mass is 127. The van der Waals surface area contributed by atoms with Crippen LogP contribution in [-0.2, 0) is 12.4 Å². The molecule has 0 radical (unpaired) electrons. The molecule has 0 spiro atoms. The fraction of sp³-hybridized carbons (Fsp3) is 0.286. The molecule has 2 aromatic heterocycles. The van der Waals surface area contributed by atoms with Crippen molar-refractivity contribution in [1.82, 2.24) is 19.1 Å². The van der Waals surface area contributed by atoms with Gasteiger partial charge in [-0.2, -0.15) is 0 Å². The van der Waals surface area contributed by atoms with Crippen LogP contribution >= 0.6 is 34.2 Å². The maximum absolute atomic E-state index is 6.06. The summed E-state index contributed by atoms with van der Waals surface area (Å²) in [6, 6.07) is 6.57. The van der Waals surface area contributed by atoms with Crippen LogP contribution < -0.4 is 0 Å². The molecule has 0 saturated heterocycles. The second-order valence-corrected chi connectivity index (χ2v) is 6.29. The predicted octanol–water partition coefficient (Wildman–Crippen LogP) is 3.84. The van der Waals surface area contributed by atoms with Crippen LogP contribution in [0.15, 0.2) is 36.9 Å². The minimum absolute atomic E-state index is 0.267. The molecule has 3 aromatic rings. The van der Waals surface area contributed by atoms with E-state index in [9.17, 15) is 0 Å². The first-order valence-corrected chi connectivity index (χ1v) is 7.98. The standard InChI is InChI=1S/C14H14ClIN4/c1-10(8-19-5-4-17-9-19)20-13-3-2-11(16)6-12(13)18-14(20)7-15/h2-6,9-10H,7-8H2,1H3. The molecule has 6 heteroatoms. The number of imidazole rings is 2. The van der Waals surface area contributed by atoms with Crippen LogP contribution in [0.1, 0.15) is 18.8 Å². The Kier molecular flexibility index (Phi) is 3.98. The van der Waals surface area contributed by atoms with Crippen molar-refractivity contribution in [3.05, 3.63) is 46.3 Å². The molecule has 0 fully saturated rings. The lowest BCUT2D eigenvalue weighted by Gasteiger charge is -2.17. The van der Waals surface area contributed by atoms with Crippen molar-refractivity contribution in [1.29, 1.82) is 0 Å². The quantitative estimate of drug-likeness (QED) is 0.493. The highest BCUT2D eigenvalue weighted by molar-refractivity contribution is 14.1. The Bertz CT molecular complexity index is 720. The molecule has 2 heterocycles. The van der Waals surface area contributed by atoms with Gasteiger partial charge < -0.3 is 9.13 Å². The topological polar surface area (TPSA) is 35.6 Å². The zero-order chi connectivity index (χ0) is 14.1. The molecule has 0 aliphatic carbocycles. The van der Waals surface area contributed by atoms with Crippen LogP contribution in [0.25, 0.3) is 11.0 Å². The maximum Gasteiger partial charge on any atom is 0.125 e. The van der Waals surface area contributed by atoms with E-state index in [2.05, 4.69) is 66.8 Å². The SMILES string of the molecule is CC(Cn1ccnc1)n1c(CCl)nc2cc(I)ccc21. The van der Waals surface area contributed by atoms with E-state index in [1.165, 1.54) is 3.57 Å². The van der Waals surface area contributed by atoms with Gasteiger partial charge in [-0.1, -0.05) is 0 Å². The van der Waals surface area contributed by atoms with Gasteiger partial charge in [0.15, 0.2) is 0 Å². The Morgan fingerprint density at radius 1 is 1.40 bits per heavy atom. The Balaban J connectivity index is 2.04. The zero-order valence-corrected chi connectivity index (χ0v) is 13.9. The zero-order valence-electron chi connectivity index (χ0n) is 11.0. The van der Waals surface area contributed by atoms with Crippen molar-refractivity contribution < 1.29 is 0 Å². The highest BCUT2D eigenvalue weighted by Crippen LogP contribution is 2.24. The molecular formula is C14H14ClIN4. The van der Waals surface area contributed by atoms with Crippen LogP contribution in [0.5, 0.6) is 0 Å². The number of halogens is 2. The van der Waals surface area contributed by atoms with Crippen LogP contribution in [-0.4, -0.2) is 19.1 Å². The largest absolute Gasteiger partial charge is 0.335 e. The number of aromatic nitrogens is 4. The van der Waals surface area contributed by atoms with Gasteiger partial charge in [0.25, 0.3) is 0 Å². The maximum atomic E-state index is 6.06. The number of hydrogen-bond donors (Lipinski definition) is 0. The Labute approximate surface area is 135 Å². The molecule has 1 aromatic carbocycles.